The van der Waals surface area contributed by atoms with Crippen LogP contribution in [-0.2, 0) is 4.79 Å². The zero-order chi connectivity index (χ0) is 8.43. The molecule has 1 aliphatic rings. The van der Waals surface area contributed by atoms with Crippen LogP contribution >= 0.6 is 12.4 Å². The maximum absolute atomic E-state index is 11.4. The number of carbonyl (C=O) groups excluding carboxylic acids is 1. The number of amides is 1. The quantitative estimate of drug-likeness (QED) is 0.667. The van der Waals surface area contributed by atoms with Gasteiger partial charge in [0.25, 0.3) is 0 Å². The van der Waals surface area contributed by atoms with Crippen LogP contribution in [-0.4, -0.2) is 29.4 Å². The molecule has 0 aromatic carbocycles. The topological polar surface area (TPSA) is 46.3 Å². The summed E-state index contributed by atoms with van der Waals surface area (Å²) in [7, 11) is 0. The molecular formula is C8H17ClN2O. The summed E-state index contributed by atoms with van der Waals surface area (Å²) in [6.07, 6.45) is 1.90. The van der Waals surface area contributed by atoms with Gasteiger partial charge in [0.05, 0.1) is 6.04 Å². The molecular weight excluding hydrogens is 176 g/mol. The van der Waals surface area contributed by atoms with Crippen molar-refractivity contribution >= 4 is 18.3 Å². The summed E-state index contributed by atoms with van der Waals surface area (Å²) in [5, 5.41) is 0. The van der Waals surface area contributed by atoms with Crippen molar-refractivity contribution < 1.29 is 4.79 Å². The van der Waals surface area contributed by atoms with Crippen molar-refractivity contribution in [1.29, 1.82) is 0 Å². The first-order valence-electron chi connectivity index (χ1n) is 4.19. The lowest BCUT2D eigenvalue weighted by Gasteiger charge is -2.33. The molecule has 0 spiro atoms. The van der Waals surface area contributed by atoms with Crippen LogP contribution in [0.1, 0.15) is 26.7 Å². The van der Waals surface area contributed by atoms with E-state index in [1.165, 1.54) is 0 Å². The Hall–Kier alpha value is -0.280. The van der Waals surface area contributed by atoms with Gasteiger partial charge in [0.1, 0.15) is 0 Å². The molecule has 12 heavy (non-hydrogen) atoms. The minimum absolute atomic E-state index is 0. The van der Waals surface area contributed by atoms with Gasteiger partial charge in [-0.15, -0.1) is 12.4 Å². The Morgan fingerprint density at radius 1 is 1.58 bits per heavy atom. The van der Waals surface area contributed by atoms with Crippen molar-refractivity contribution in [1.82, 2.24) is 4.90 Å². The summed E-state index contributed by atoms with van der Waals surface area (Å²) in [6.45, 7) is 4.93. The van der Waals surface area contributed by atoms with Gasteiger partial charge in [-0.1, -0.05) is 0 Å². The van der Waals surface area contributed by atoms with E-state index in [-0.39, 0.29) is 24.4 Å². The van der Waals surface area contributed by atoms with Crippen LogP contribution in [0.25, 0.3) is 0 Å². The summed E-state index contributed by atoms with van der Waals surface area (Å²) in [5.74, 6) is 0.117. The molecule has 0 aromatic rings. The molecule has 0 saturated carbocycles. The van der Waals surface area contributed by atoms with Crippen molar-refractivity contribution in [3.05, 3.63) is 0 Å². The third-order valence-electron chi connectivity index (χ3n) is 2.14. The zero-order valence-corrected chi connectivity index (χ0v) is 8.43. The highest BCUT2D eigenvalue weighted by Gasteiger charge is 2.26. The Morgan fingerprint density at radius 2 is 2.17 bits per heavy atom. The number of hydrogen-bond acceptors (Lipinski definition) is 2. The Morgan fingerprint density at radius 3 is 2.58 bits per heavy atom. The van der Waals surface area contributed by atoms with Crippen molar-refractivity contribution in [3.63, 3.8) is 0 Å². The van der Waals surface area contributed by atoms with E-state index in [2.05, 4.69) is 0 Å². The first-order valence-corrected chi connectivity index (χ1v) is 4.19. The van der Waals surface area contributed by atoms with Crippen LogP contribution in [0.5, 0.6) is 0 Å². The predicted octanol–water partition coefficient (Wildman–Crippen LogP) is 0.766. The summed E-state index contributed by atoms with van der Waals surface area (Å²) in [4.78, 5) is 13.2. The van der Waals surface area contributed by atoms with E-state index in [0.29, 0.717) is 6.04 Å². The normalized spacial score (nSPS) is 24.2. The average Bonchev–Trinajstić information content (AvgIpc) is 1.94. The van der Waals surface area contributed by atoms with Gasteiger partial charge in [0.15, 0.2) is 0 Å². The van der Waals surface area contributed by atoms with Gasteiger partial charge in [0.2, 0.25) is 5.91 Å². The van der Waals surface area contributed by atoms with Gasteiger partial charge in [-0.3, -0.25) is 4.79 Å². The number of hydrogen-bond donors (Lipinski definition) is 1. The van der Waals surface area contributed by atoms with Gasteiger partial charge in [-0.25, -0.2) is 0 Å². The van der Waals surface area contributed by atoms with E-state index < -0.39 is 0 Å². The highest BCUT2D eigenvalue weighted by Crippen LogP contribution is 2.12. The number of halogens is 1. The lowest BCUT2D eigenvalue weighted by Crippen LogP contribution is -2.50. The van der Waals surface area contributed by atoms with Gasteiger partial charge in [-0.05, 0) is 26.7 Å². The average molecular weight is 193 g/mol. The Bertz CT molecular complexity index is 161. The third-order valence-corrected chi connectivity index (χ3v) is 2.14. The largest absolute Gasteiger partial charge is 0.339 e. The zero-order valence-electron chi connectivity index (χ0n) is 7.62. The molecule has 1 aliphatic heterocycles. The lowest BCUT2D eigenvalue weighted by atomic mass is 10.0. The number of carbonyl (C=O) groups is 1. The summed E-state index contributed by atoms with van der Waals surface area (Å²) in [5.41, 5.74) is 5.62. The molecule has 3 nitrogen and oxygen atoms in total. The van der Waals surface area contributed by atoms with E-state index in [4.69, 9.17) is 5.73 Å². The van der Waals surface area contributed by atoms with E-state index >= 15 is 0 Å². The fourth-order valence-electron chi connectivity index (χ4n) is 1.44. The highest BCUT2D eigenvalue weighted by atomic mass is 35.5. The second-order valence-corrected chi connectivity index (χ2v) is 3.37. The highest BCUT2D eigenvalue weighted by molar-refractivity contribution is 5.85. The molecule has 0 radical (unpaired) electrons. The standard InChI is InChI=1S/C8H16N2O.ClH/c1-6(2)10-5-3-4-7(9)8(10)11;/h6-7H,3-5,9H2,1-2H3;1H. The smallest absolute Gasteiger partial charge is 0.239 e. The fraction of sp³-hybridized carbons (Fsp3) is 0.875. The molecule has 1 heterocycles. The van der Waals surface area contributed by atoms with Gasteiger partial charge < -0.3 is 10.6 Å². The van der Waals surface area contributed by atoms with E-state index in [0.717, 1.165) is 19.4 Å². The number of nitrogens with zero attached hydrogens (tertiary/aromatic N) is 1. The van der Waals surface area contributed by atoms with Gasteiger partial charge in [-0.2, -0.15) is 0 Å². The number of likely N-dealkylation sites (tertiary alicyclic amines) is 1. The molecule has 0 aliphatic carbocycles. The van der Waals surface area contributed by atoms with E-state index in [9.17, 15) is 4.79 Å². The Labute approximate surface area is 79.7 Å². The fourth-order valence-corrected chi connectivity index (χ4v) is 1.44. The first kappa shape index (κ1) is 11.7. The molecule has 1 unspecified atom stereocenters. The minimum Gasteiger partial charge on any atom is -0.339 e. The van der Waals surface area contributed by atoms with E-state index in [1.807, 2.05) is 18.7 Å². The predicted molar refractivity (Wildman–Crippen MR) is 51.3 cm³/mol. The van der Waals surface area contributed by atoms with Crippen LogP contribution < -0.4 is 5.73 Å². The van der Waals surface area contributed by atoms with Crippen LogP contribution in [0.2, 0.25) is 0 Å². The molecule has 0 aromatic heterocycles. The molecule has 2 N–H and O–H groups in total. The lowest BCUT2D eigenvalue weighted by molar-refractivity contribution is -0.136. The monoisotopic (exact) mass is 192 g/mol. The molecule has 1 rings (SSSR count). The molecule has 1 amide bonds. The summed E-state index contributed by atoms with van der Waals surface area (Å²) in [6, 6.07) is 0.0556. The van der Waals surface area contributed by atoms with Crippen LogP contribution in [0.3, 0.4) is 0 Å². The number of rotatable bonds is 1. The van der Waals surface area contributed by atoms with Gasteiger partial charge in [0, 0.05) is 12.6 Å². The SMILES string of the molecule is CC(C)N1CCCC(N)C1=O.Cl. The molecule has 4 heteroatoms. The minimum atomic E-state index is -0.244. The number of piperidine rings is 1. The van der Waals surface area contributed by atoms with Gasteiger partial charge >= 0.3 is 0 Å². The van der Waals surface area contributed by atoms with Crippen molar-refractivity contribution in [2.75, 3.05) is 6.54 Å². The molecule has 1 atom stereocenters. The summed E-state index contributed by atoms with van der Waals surface area (Å²) >= 11 is 0. The van der Waals surface area contributed by atoms with Crippen LogP contribution in [0.15, 0.2) is 0 Å². The Kier molecular flexibility index (Phi) is 4.57. The molecule has 1 fully saturated rings. The second kappa shape index (κ2) is 4.67. The van der Waals surface area contributed by atoms with Crippen molar-refractivity contribution in [3.8, 4) is 0 Å². The first-order chi connectivity index (χ1) is 5.13. The Balaban J connectivity index is 0.00000121. The van der Waals surface area contributed by atoms with Crippen molar-refractivity contribution in [2.45, 2.75) is 38.8 Å². The second-order valence-electron chi connectivity index (χ2n) is 3.37. The molecule has 72 valence electrons. The van der Waals surface area contributed by atoms with Crippen LogP contribution in [0, 0.1) is 0 Å². The maximum Gasteiger partial charge on any atom is 0.239 e. The number of nitrogens with two attached hydrogens (primary N) is 1. The molecule has 1 saturated heterocycles. The molecule has 0 bridgehead atoms. The summed E-state index contributed by atoms with van der Waals surface area (Å²) < 4.78 is 0. The van der Waals surface area contributed by atoms with E-state index in [1.54, 1.807) is 0 Å². The third kappa shape index (κ3) is 2.35. The maximum atomic E-state index is 11.4. The van der Waals surface area contributed by atoms with Crippen molar-refractivity contribution in [2.24, 2.45) is 5.73 Å². The van der Waals surface area contributed by atoms with Crippen LogP contribution in [0.4, 0.5) is 0 Å².